The Kier molecular flexibility index (Phi) is 6.95. The molecule has 128 valence electrons. The van der Waals surface area contributed by atoms with Gasteiger partial charge in [0, 0.05) is 26.2 Å². The number of carbonyl (C=O) groups excluding carboxylic acids is 1. The molecule has 0 radical (unpaired) electrons. The Labute approximate surface area is 137 Å². The summed E-state index contributed by atoms with van der Waals surface area (Å²) in [5, 5.41) is 6.11. The van der Waals surface area contributed by atoms with Gasteiger partial charge in [-0.1, -0.05) is 12.1 Å². The second-order valence-electron chi connectivity index (χ2n) is 6.05. The third-order valence-electron chi connectivity index (χ3n) is 4.01. The molecule has 1 fully saturated rings. The maximum Gasteiger partial charge on any atom is 0.236 e. The minimum absolute atomic E-state index is 0.0312. The Morgan fingerprint density at radius 1 is 1.43 bits per heavy atom. The molecule has 0 bridgehead atoms. The fourth-order valence-corrected chi connectivity index (χ4v) is 2.53. The number of nitrogens with zero attached hydrogens (tertiary/aromatic N) is 1. The van der Waals surface area contributed by atoms with Gasteiger partial charge in [0.2, 0.25) is 5.91 Å². The van der Waals surface area contributed by atoms with Crippen molar-refractivity contribution in [1.29, 1.82) is 0 Å². The molecule has 5 nitrogen and oxygen atoms in total. The Morgan fingerprint density at radius 3 is 2.87 bits per heavy atom. The van der Waals surface area contributed by atoms with E-state index in [2.05, 4.69) is 22.6 Å². The van der Waals surface area contributed by atoms with Crippen molar-refractivity contribution in [3.05, 3.63) is 35.6 Å². The Balaban J connectivity index is 1.63. The molecular weight excluding hydrogens is 297 g/mol. The molecule has 1 aliphatic rings. The van der Waals surface area contributed by atoms with Gasteiger partial charge in [0.1, 0.15) is 5.82 Å². The molecule has 23 heavy (non-hydrogen) atoms. The molecule has 1 aromatic rings. The van der Waals surface area contributed by atoms with Crippen LogP contribution in [0.5, 0.6) is 0 Å². The number of rotatable bonds is 7. The lowest BCUT2D eigenvalue weighted by molar-refractivity contribution is -0.122. The lowest BCUT2D eigenvalue weighted by Crippen LogP contribution is -2.49. The zero-order valence-corrected chi connectivity index (χ0v) is 13.8. The first-order valence-electron chi connectivity index (χ1n) is 8.10. The van der Waals surface area contributed by atoms with E-state index in [0.29, 0.717) is 19.5 Å². The predicted octanol–water partition coefficient (Wildman–Crippen LogP) is 0.793. The number of carbonyl (C=O) groups is 1. The highest BCUT2D eigenvalue weighted by Crippen LogP contribution is 2.03. The van der Waals surface area contributed by atoms with E-state index in [4.69, 9.17) is 4.74 Å². The molecule has 0 aliphatic carbocycles. The highest BCUT2D eigenvalue weighted by Gasteiger charge is 2.19. The van der Waals surface area contributed by atoms with Gasteiger partial charge < -0.3 is 20.3 Å². The van der Waals surface area contributed by atoms with Crippen LogP contribution in [0, 0.1) is 5.82 Å². The molecule has 1 heterocycles. The highest BCUT2D eigenvalue weighted by molar-refractivity contribution is 5.81. The fourth-order valence-electron chi connectivity index (χ4n) is 2.53. The molecule has 0 unspecified atom stereocenters. The third kappa shape index (κ3) is 6.25. The van der Waals surface area contributed by atoms with Crippen molar-refractivity contribution in [3.63, 3.8) is 0 Å². The molecule has 2 rings (SSSR count). The van der Waals surface area contributed by atoms with E-state index < -0.39 is 0 Å². The second-order valence-corrected chi connectivity index (χ2v) is 6.05. The molecule has 0 spiro atoms. The fraction of sp³-hybridized carbons (Fsp3) is 0.588. The number of nitrogens with one attached hydrogen (secondary N) is 2. The minimum Gasteiger partial charge on any atom is -0.374 e. The van der Waals surface area contributed by atoms with Crippen LogP contribution in [-0.2, 0) is 16.0 Å². The number of ether oxygens (including phenoxy) is 1. The van der Waals surface area contributed by atoms with Crippen LogP contribution in [0.2, 0.25) is 0 Å². The van der Waals surface area contributed by atoms with Crippen molar-refractivity contribution in [2.24, 2.45) is 0 Å². The molecule has 0 saturated carbocycles. The standard InChI is InChI=1S/C17H26FN3O2/c1-13(20-11-16-12-21(2)9-10-23-16)17(22)19-8-7-14-3-5-15(18)6-4-14/h3-6,13,16,20H,7-12H2,1-2H3,(H,19,22)/t13-,16+/m0/s1. The normalized spacial score (nSPS) is 20.2. The topological polar surface area (TPSA) is 53.6 Å². The van der Waals surface area contributed by atoms with Crippen LogP contribution in [0.15, 0.2) is 24.3 Å². The summed E-state index contributed by atoms with van der Waals surface area (Å²) >= 11 is 0. The number of morpholine rings is 1. The maximum atomic E-state index is 12.8. The van der Waals surface area contributed by atoms with E-state index in [9.17, 15) is 9.18 Å². The summed E-state index contributed by atoms with van der Waals surface area (Å²) in [7, 11) is 2.07. The van der Waals surface area contributed by atoms with Crippen LogP contribution in [0.3, 0.4) is 0 Å². The smallest absolute Gasteiger partial charge is 0.236 e. The van der Waals surface area contributed by atoms with Crippen LogP contribution in [0.1, 0.15) is 12.5 Å². The molecule has 2 N–H and O–H groups in total. The number of hydrogen-bond acceptors (Lipinski definition) is 4. The van der Waals surface area contributed by atoms with E-state index in [1.807, 2.05) is 6.92 Å². The van der Waals surface area contributed by atoms with Gasteiger partial charge in [-0.05, 0) is 38.1 Å². The van der Waals surface area contributed by atoms with E-state index in [0.717, 1.165) is 25.3 Å². The molecule has 2 atom stereocenters. The summed E-state index contributed by atoms with van der Waals surface area (Å²) in [4.78, 5) is 14.3. The highest BCUT2D eigenvalue weighted by atomic mass is 19.1. The lowest BCUT2D eigenvalue weighted by atomic mass is 10.1. The Morgan fingerprint density at radius 2 is 2.17 bits per heavy atom. The van der Waals surface area contributed by atoms with Gasteiger partial charge in [-0.2, -0.15) is 0 Å². The van der Waals surface area contributed by atoms with Crippen LogP contribution < -0.4 is 10.6 Å². The lowest BCUT2D eigenvalue weighted by Gasteiger charge is -2.30. The van der Waals surface area contributed by atoms with Gasteiger partial charge in [-0.15, -0.1) is 0 Å². The monoisotopic (exact) mass is 323 g/mol. The van der Waals surface area contributed by atoms with Crippen LogP contribution in [-0.4, -0.2) is 62.8 Å². The van der Waals surface area contributed by atoms with Gasteiger partial charge >= 0.3 is 0 Å². The van der Waals surface area contributed by atoms with Gasteiger partial charge in [-0.3, -0.25) is 4.79 Å². The predicted molar refractivity (Wildman–Crippen MR) is 87.8 cm³/mol. The van der Waals surface area contributed by atoms with Crippen molar-refractivity contribution in [2.75, 3.05) is 39.8 Å². The summed E-state index contributed by atoms with van der Waals surface area (Å²) in [6.45, 7) is 5.62. The van der Waals surface area contributed by atoms with E-state index in [1.54, 1.807) is 12.1 Å². The summed E-state index contributed by atoms with van der Waals surface area (Å²) in [5.74, 6) is -0.275. The second kappa shape index (κ2) is 8.96. The maximum absolute atomic E-state index is 12.8. The minimum atomic E-state index is -0.265. The van der Waals surface area contributed by atoms with Gasteiger partial charge in [0.25, 0.3) is 0 Å². The summed E-state index contributed by atoms with van der Waals surface area (Å²) in [5.41, 5.74) is 1.01. The largest absolute Gasteiger partial charge is 0.374 e. The van der Waals surface area contributed by atoms with Crippen molar-refractivity contribution in [3.8, 4) is 0 Å². The quantitative estimate of drug-likeness (QED) is 0.779. The van der Waals surface area contributed by atoms with Crippen LogP contribution in [0.25, 0.3) is 0 Å². The molecular formula is C17H26FN3O2. The summed E-state index contributed by atoms with van der Waals surface area (Å²) in [6, 6.07) is 6.07. The molecule has 1 aromatic carbocycles. The molecule has 1 aliphatic heterocycles. The zero-order valence-electron chi connectivity index (χ0n) is 13.8. The van der Waals surface area contributed by atoms with Gasteiger partial charge in [0.05, 0.1) is 18.8 Å². The summed E-state index contributed by atoms with van der Waals surface area (Å²) < 4.78 is 18.5. The number of amides is 1. The first kappa shape index (κ1) is 17.8. The average Bonchev–Trinajstić information content (AvgIpc) is 2.54. The van der Waals surface area contributed by atoms with Gasteiger partial charge in [0.15, 0.2) is 0 Å². The molecule has 0 aromatic heterocycles. The zero-order chi connectivity index (χ0) is 16.7. The van der Waals surface area contributed by atoms with E-state index in [1.165, 1.54) is 12.1 Å². The molecule has 1 amide bonds. The summed E-state index contributed by atoms with van der Waals surface area (Å²) in [6.07, 6.45) is 0.818. The van der Waals surface area contributed by atoms with E-state index >= 15 is 0 Å². The first-order chi connectivity index (χ1) is 11.0. The van der Waals surface area contributed by atoms with Crippen molar-refractivity contribution in [1.82, 2.24) is 15.5 Å². The third-order valence-corrected chi connectivity index (χ3v) is 4.01. The number of likely N-dealkylation sites (N-methyl/N-ethyl adjacent to an activating group) is 1. The van der Waals surface area contributed by atoms with Crippen molar-refractivity contribution in [2.45, 2.75) is 25.5 Å². The number of benzene rings is 1. The molecule has 1 saturated heterocycles. The Bertz CT molecular complexity index is 495. The van der Waals surface area contributed by atoms with Crippen molar-refractivity contribution >= 4 is 5.91 Å². The SMILES string of the molecule is C[C@H](NC[C@@H]1CN(C)CCO1)C(=O)NCCc1ccc(F)cc1. The average molecular weight is 323 g/mol. The first-order valence-corrected chi connectivity index (χ1v) is 8.10. The van der Waals surface area contributed by atoms with Crippen LogP contribution in [0.4, 0.5) is 4.39 Å². The van der Waals surface area contributed by atoms with E-state index in [-0.39, 0.29) is 23.9 Å². The number of hydrogen-bond donors (Lipinski definition) is 2. The van der Waals surface area contributed by atoms with Crippen LogP contribution >= 0.6 is 0 Å². The Hall–Kier alpha value is -1.50. The number of halogens is 1. The van der Waals surface area contributed by atoms with Gasteiger partial charge in [-0.25, -0.2) is 4.39 Å². The molecule has 6 heteroatoms. The van der Waals surface area contributed by atoms with Crippen molar-refractivity contribution < 1.29 is 13.9 Å².